The first-order valence-electron chi connectivity index (χ1n) is 9.92. The van der Waals surface area contributed by atoms with E-state index in [9.17, 15) is 4.79 Å². The van der Waals surface area contributed by atoms with Crippen molar-refractivity contribution in [3.8, 4) is 28.6 Å². The van der Waals surface area contributed by atoms with Crippen LogP contribution in [0.5, 0.6) is 11.5 Å². The minimum atomic E-state index is -0.511. The number of aryl methyl sites for hydroxylation is 1. The van der Waals surface area contributed by atoms with Gasteiger partial charge in [0, 0.05) is 21.7 Å². The number of carbonyl (C=O) groups is 1. The minimum Gasteiger partial charge on any atom is -0.497 e. The first-order valence-corrected chi connectivity index (χ1v) is 10.7. The van der Waals surface area contributed by atoms with Crippen molar-refractivity contribution in [2.24, 2.45) is 0 Å². The summed E-state index contributed by atoms with van der Waals surface area (Å²) in [6, 6.07) is 17.7. The van der Waals surface area contributed by atoms with Crippen LogP contribution >= 0.6 is 23.2 Å². The van der Waals surface area contributed by atoms with Gasteiger partial charge in [-0.3, -0.25) is 4.79 Å². The van der Waals surface area contributed by atoms with Crippen LogP contribution in [-0.2, 0) is 0 Å². The molecule has 1 amide bonds. The van der Waals surface area contributed by atoms with Crippen molar-refractivity contribution in [2.75, 3.05) is 19.5 Å². The summed E-state index contributed by atoms with van der Waals surface area (Å²) in [5.74, 6) is 0.950. The highest BCUT2D eigenvalue weighted by Gasteiger charge is 2.21. The lowest BCUT2D eigenvalue weighted by atomic mass is 10.2. The van der Waals surface area contributed by atoms with Gasteiger partial charge >= 0.3 is 0 Å². The number of amides is 1. The number of hydrogen-bond acceptors (Lipinski definition) is 5. The molecule has 0 spiro atoms. The van der Waals surface area contributed by atoms with Crippen LogP contribution in [0.4, 0.5) is 5.69 Å². The molecule has 0 fully saturated rings. The predicted molar refractivity (Wildman–Crippen MR) is 129 cm³/mol. The number of anilines is 1. The molecule has 4 rings (SSSR count). The van der Waals surface area contributed by atoms with E-state index in [1.807, 2.05) is 25.1 Å². The normalized spacial score (nSPS) is 10.7. The monoisotopic (exact) mass is 482 g/mol. The Balaban J connectivity index is 1.80. The maximum Gasteiger partial charge on any atom is 0.295 e. The molecule has 0 radical (unpaired) electrons. The zero-order valence-corrected chi connectivity index (χ0v) is 19.6. The molecule has 0 bridgehead atoms. The molecule has 3 aromatic carbocycles. The first kappa shape index (κ1) is 22.6. The molecule has 33 heavy (non-hydrogen) atoms. The molecule has 1 heterocycles. The number of carbonyl (C=O) groups excluding carboxylic acids is 1. The fourth-order valence-electron chi connectivity index (χ4n) is 3.29. The molecule has 0 aliphatic carbocycles. The van der Waals surface area contributed by atoms with E-state index in [2.05, 4.69) is 15.4 Å². The molecule has 0 unspecified atom stereocenters. The second-order valence-electron chi connectivity index (χ2n) is 7.13. The van der Waals surface area contributed by atoms with Crippen molar-refractivity contribution in [2.45, 2.75) is 6.92 Å². The lowest BCUT2D eigenvalue weighted by Crippen LogP contribution is -2.15. The molecule has 9 heteroatoms. The first-order chi connectivity index (χ1) is 15.9. The summed E-state index contributed by atoms with van der Waals surface area (Å²) in [7, 11) is 3.06. The Kier molecular flexibility index (Phi) is 6.53. The highest BCUT2D eigenvalue weighted by atomic mass is 35.5. The number of ether oxygens (including phenoxy) is 2. The average molecular weight is 483 g/mol. The molecule has 1 N–H and O–H groups in total. The van der Waals surface area contributed by atoms with Gasteiger partial charge in [-0.25, -0.2) is 9.67 Å². The fourth-order valence-corrected chi connectivity index (χ4v) is 3.65. The summed E-state index contributed by atoms with van der Waals surface area (Å²) in [5.41, 5.74) is 2.74. The number of rotatable bonds is 6. The smallest absolute Gasteiger partial charge is 0.295 e. The highest BCUT2D eigenvalue weighted by molar-refractivity contribution is 6.31. The van der Waals surface area contributed by atoms with Gasteiger partial charge in [0.1, 0.15) is 11.5 Å². The largest absolute Gasteiger partial charge is 0.497 e. The quantitative estimate of drug-likeness (QED) is 0.374. The summed E-state index contributed by atoms with van der Waals surface area (Å²) >= 11 is 12.4. The van der Waals surface area contributed by atoms with Crippen molar-refractivity contribution in [1.29, 1.82) is 0 Å². The standard InChI is InChI=1S/C24H20Cl2N4O3/c1-14-7-8-17(26)12-20(14)30-23(15-5-4-6-16(25)11-15)28-22(29-30)24(31)27-19-13-18(32-2)9-10-21(19)33-3/h4-13H,1-3H3,(H,27,31). The molecule has 0 aliphatic rings. The van der Waals surface area contributed by atoms with Gasteiger partial charge in [0.15, 0.2) is 5.82 Å². The van der Waals surface area contributed by atoms with Crippen molar-refractivity contribution in [1.82, 2.24) is 14.8 Å². The molecular weight excluding hydrogens is 463 g/mol. The van der Waals surface area contributed by atoms with E-state index in [0.717, 1.165) is 5.56 Å². The summed E-state index contributed by atoms with van der Waals surface area (Å²) < 4.78 is 12.2. The van der Waals surface area contributed by atoms with Gasteiger partial charge in [-0.05, 0) is 48.9 Å². The third-order valence-electron chi connectivity index (χ3n) is 4.95. The number of nitrogens with one attached hydrogen (secondary N) is 1. The SMILES string of the molecule is COc1ccc(OC)c(NC(=O)c2nc(-c3cccc(Cl)c3)n(-c3cc(Cl)ccc3C)n2)c1. The summed E-state index contributed by atoms with van der Waals surface area (Å²) in [6.07, 6.45) is 0. The van der Waals surface area contributed by atoms with Gasteiger partial charge < -0.3 is 14.8 Å². The van der Waals surface area contributed by atoms with E-state index in [0.29, 0.717) is 44.3 Å². The number of nitrogens with zero attached hydrogens (tertiary/aromatic N) is 3. The van der Waals surface area contributed by atoms with E-state index in [4.69, 9.17) is 32.7 Å². The van der Waals surface area contributed by atoms with E-state index in [1.54, 1.807) is 54.3 Å². The highest BCUT2D eigenvalue weighted by Crippen LogP contribution is 2.30. The molecule has 4 aromatic rings. The lowest BCUT2D eigenvalue weighted by molar-refractivity contribution is 0.101. The molecule has 0 saturated heterocycles. The Bertz CT molecular complexity index is 1340. The number of halogens is 2. The van der Waals surface area contributed by atoms with Gasteiger partial charge in [0.25, 0.3) is 5.91 Å². The summed E-state index contributed by atoms with van der Waals surface area (Å²) in [6.45, 7) is 1.93. The Morgan fingerprint density at radius 2 is 1.76 bits per heavy atom. The van der Waals surface area contributed by atoms with Gasteiger partial charge in [0.05, 0.1) is 25.6 Å². The van der Waals surface area contributed by atoms with Crippen molar-refractivity contribution in [3.63, 3.8) is 0 Å². The van der Waals surface area contributed by atoms with Crippen molar-refractivity contribution >= 4 is 34.8 Å². The second kappa shape index (κ2) is 9.52. The number of benzene rings is 3. The summed E-state index contributed by atoms with van der Waals surface area (Å²) in [5, 5.41) is 8.38. The molecule has 0 aliphatic heterocycles. The van der Waals surface area contributed by atoms with Crippen LogP contribution in [0.15, 0.2) is 60.7 Å². The van der Waals surface area contributed by atoms with Crippen LogP contribution in [0.2, 0.25) is 10.0 Å². The second-order valence-corrected chi connectivity index (χ2v) is 8.01. The average Bonchev–Trinajstić information content (AvgIpc) is 3.26. The third kappa shape index (κ3) is 4.79. The maximum atomic E-state index is 13.1. The fraction of sp³-hybridized carbons (Fsp3) is 0.125. The van der Waals surface area contributed by atoms with E-state index < -0.39 is 5.91 Å². The molecule has 168 valence electrons. The van der Waals surface area contributed by atoms with Gasteiger partial charge in [-0.2, -0.15) is 0 Å². The molecule has 1 aromatic heterocycles. The Labute approximate surface area is 200 Å². The summed E-state index contributed by atoms with van der Waals surface area (Å²) in [4.78, 5) is 17.7. The minimum absolute atomic E-state index is 0.0331. The van der Waals surface area contributed by atoms with Crippen LogP contribution in [0.25, 0.3) is 17.1 Å². The topological polar surface area (TPSA) is 78.3 Å². The third-order valence-corrected chi connectivity index (χ3v) is 5.42. The number of methoxy groups -OCH3 is 2. The Hall–Kier alpha value is -3.55. The van der Waals surface area contributed by atoms with Crippen LogP contribution < -0.4 is 14.8 Å². The van der Waals surface area contributed by atoms with Crippen LogP contribution in [0.3, 0.4) is 0 Å². The van der Waals surface area contributed by atoms with Gasteiger partial charge in [-0.15, -0.1) is 5.10 Å². The van der Waals surface area contributed by atoms with Crippen LogP contribution in [-0.4, -0.2) is 34.9 Å². The molecular formula is C24H20Cl2N4O3. The van der Waals surface area contributed by atoms with Crippen LogP contribution in [0.1, 0.15) is 16.2 Å². The van der Waals surface area contributed by atoms with Crippen LogP contribution in [0, 0.1) is 6.92 Å². The molecule has 0 saturated carbocycles. The molecule has 7 nitrogen and oxygen atoms in total. The number of aromatic nitrogens is 3. The predicted octanol–water partition coefficient (Wildman–Crippen LogP) is 5.82. The Morgan fingerprint density at radius 3 is 2.48 bits per heavy atom. The zero-order valence-electron chi connectivity index (χ0n) is 18.1. The van der Waals surface area contributed by atoms with Crippen molar-refractivity contribution < 1.29 is 14.3 Å². The Morgan fingerprint density at radius 1 is 0.970 bits per heavy atom. The molecule has 0 atom stereocenters. The van der Waals surface area contributed by atoms with E-state index in [-0.39, 0.29) is 5.82 Å². The van der Waals surface area contributed by atoms with E-state index in [1.165, 1.54) is 7.11 Å². The van der Waals surface area contributed by atoms with Crippen molar-refractivity contribution in [3.05, 3.63) is 82.1 Å². The maximum absolute atomic E-state index is 13.1. The lowest BCUT2D eigenvalue weighted by Gasteiger charge is -2.10. The van der Waals surface area contributed by atoms with Gasteiger partial charge in [-0.1, -0.05) is 41.4 Å². The van der Waals surface area contributed by atoms with Gasteiger partial charge in [0.2, 0.25) is 5.82 Å². The zero-order chi connectivity index (χ0) is 23.5. The van der Waals surface area contributed by atoms with E-state index >= 15 is 0 Å². The number of hydrogen-bond donors (Lipinski definition) is 1.